The van der Waals surface area contributed by atoms with E-state index in [2.05, 4.69) is 26.9 Å². The summed E-state index contributed by atoms with van der Waals surface area (Å²) in [4.78, 5) is 18.3. The average molecular weight is 219 g/mol. The van der Waals surface area contributed by atoms with Crippen molar-refractivity contribution in [2.45, 2.75) is 13.3 Å². The molecule has 0 bridgehead atoms. The van der Waals surface area contributed by atoms with Crippen LogP contribution in [0.2, 0.25) is 0 Å². The Morgan fingerprint density at radius 2 is 2.38 bits per heavy atom. The molecule has 5 nitrogen and oxygen atoms in total. The van der Waals surface area contributed by atoms with E-state index >= 15 is 0 Å². The number of para-hydroxylation sites is 1. The molecule has 0 aliphatic rings. The Labute approximate surface area is 92.8 Å². The SMILES string of the molecule is CCc1cccc2[nH]c(NC(=O)OC)nc12. The number of carbonyl (C=O) groups is 1. The molecule has 0 spiro atoms. The van der Waals surface area contributed by atoms with E-state index in [0.717, 1.165) is 23.0 Å². The molecule has 1 aromatic heterocycles. The van der Waals surface area contributed by atoms with Crippen molar-refractivity contribution in [3.63, 3.8) is 0 Å². The lowest BCUT2D eigenvalue weighted by molar-refractivity contribution is 0.186. The minimum Gasteiger partial charge on any atom is -0.453 e. The maximum absolute atomic E-state index is 11.0. The zero-order valence-corrected chi connectivity index (χ0v) is 9.20. The summed E-state index contributed by atoms with van der Waals surface area (Å²) in [5.74, 6) is 0.405. The molecule has 2 rings (SSSR count). The predicted molar refractivity (Wildman–Crippen MR) is 61.5 cm³/mol. The van der Waals surface area contributed by atoms with Gasteiger partial charge in [-0.05, 0) is 18.1 Å². The van der Waals surface area contributed by atoms with Crippen LogP contribution in [0, 0.1) is 0 Å². The van der Waals surface area contributed by atoms with E-state index in [1.54, 1.807) is 0 Å². The Morgan fingerprint density at radius 3 is 3.06 bits per heavy atom. The van der Waals surface area contributed by atoms with Crippen LogP contribution in [-0.2, 0) is 11.2 Å². The maximum atomic E-state index is 11.0. The normalized spacial score (nSPS) is 10.4. The van der Waals surface area contributed by atoms with Crippen molar-refractivity contribution in [1.29, 1.82) is 0 Å². The van der Waals surface area contributed by atoms with Gasteiger partial charge in [-0.3, -0.25) is 5.32 Å². The molecule has 0 aliphatic carbocycles. The molecule has 1 amide bonds. The first-order valence-electron chi connectivity index (χ1n) is 5.07. The summed E-state index contributed by atoms with van der Waals surface area (Å²) in [5.41, 5.74) is 2.94. The van der Waals surface area contributed by atoms with Crippen LogP contribution in [-0.4, -0.2) is 23.2 Å². The Bertz CT molecular complexity index is 519. The molecule has 0 saturated heterocycles. The van der Waals surface area contributed by atoms with E-state index in [4.69, 9.17) is 0 Å². The highest BCUT2D eigenvalue weighted by Crippen LogP contribution is 2.18. The second-order valence-corrected chi connectivity index (χ2v) is 3.37. The topological polar surface area (TPSA) is 67.0 Å². The zero-order valence-electron chi connectivity index (χ0n) is 9.20. The fourth-order valence-electron chi connectivity index (χ4n) is 1.58. The van der Waals surface area contributed by atoms with E-state index in [-0.39, 0.29) is 0 Å². The van der Waals surface area contributed by atoms with Crippen LogP contribution in [0.3, 0.4) is 0 Å². The van der Waals surface area contributed by atoms with Crippen molar-refractivity contribution >= 4 is 23.1 Å². The number of aryl methyl sites for hydroxylation is 1. The number of anilines is 1. The number of carbonyl (C=O) groups excluding carboxylic acids is 1. The van der Waals surface area contributed by atoms with E-state index in [0.29, 0.717) is 5.95 Å². The lowest BCUT2D eigenvalue weighted by Crippen LogP contribution is -2.11. The lowest BCUT2D eigenvalue weighted by atomic mass is 10.1. The second-order valence-electron chi connectivity index (χ2n) is 3.37. The molecule has 84 valence electrons. The van der Waals surface area contributed by atoms with Crippen LogP contribution >= 0.6 is 0 Å². The number of rotatable bonds is 2. The van der Waals surface area contributed by atoms with Crippen LogP contribution in [0.5, 0.6) is 0 Å². The van der Waals surface area contributed by atoms with Gasteiger partial charge < -0.3 is 9.72 Å². The van der Waals surface area contributed by atoms with Crippen LogP contribution in [0.25, 0.3) is 11.0 Å². The standard InChI is InChI=1S/C11H13N3O2/c1-3-7-5-4-6-8-9(7)13-10(12-8)14-11(15)16-2/h4-6H,3H2,1-2H3,(H2,12,13,14,15). The van der Waals surface area contributed by atoms with E-state index < -0.39 is 6.09 Å². The molecule has 0 unspecified atom stereocenters. The third kappa shape index (κ3) is 1.84. The molecule has 1 heterocycles. The van der Waals surface area contributed by atoms with Gasteiger partial charge in [-0.15, -0.1) is 0 Å². The largest absolute Gasteiger partial charge is 0.453 e. The number of benzene rings is 1. The van der Waals surface area contributed by atoms with Gasteiger partial charge in [0.05, 0.1) is 18.1 Å². The van der Waals surface area contributed by atoms with Crippen molar-refractivity contribution in [1.82, 2.24) is 9.97 Å². The summed E-state index contributed by atoms with van der Waals surface area (Å²) in [6, 6.07) is 5.90. The van der Waals surface area contributed by atoms with Crippen molar-refractivity contribution in [2.75, 3.05) is 12.4 Å². The molecule has 0 fully saturated rings. The van der Waals surface area contributed by atoms with Crippen molar-refractivity contribution in [3.8, 4) is 0 Å². The fourth-order valence-corrected chi connectivity index (χ4v) is 1.58. The first-order chi connectivity index (χ1) is 7.74. The Kier molecular flexibility index (Phi) is 2.76. The summed E-state index contributed by atoms with van der Waals surface area (Å²) >= 11 is 0. The highest BCUT2D eigenvalue weighted by Gasteiger charge is 2.08. The molecule has 1 aromatic carbocycles. The summed E-state index contributed by atoms with van der Waals surface area (Å²) in [5, 5.41) is 2.50. The van der Waals surface area contributed by atoms with Gasteiger partial charge in [-0.2, -0.15) is 0 Å². The van der Waals surface area contributed by atoms with Gasteiger partial charge in [0.25, 0.3) is 0 Å². The number of ether oxygens (including phenoxy) is 1. The highest BCUT2D eigenvalue weighted by atomic mass is 16.5. The maximum Gasteiger partial charge on any atom is 0.413 e. The van der Waals surface area contributed by atoms with Crippen LogP contribution in [0.15, 0.2) is 18.2 Å². The third-order valence-corrected chi connectivity index (χ3v) is 2.38. The fraction of sp³-hybridized carbons (Fsp3) is 0.273. The number of imidazole rings is 1. The van der Waals surface area contributed by atoms with Gasteiger partial charge in [-0.25, -0.2) is 9.78 Å². The number of H-pyrrole nitrogens is 1. The number of methoxy groups -OCH3 is 1. The molecule has 2 aromatic rings. The number of aromatic amines is 1. The molecule has 2 N–H and O–H groups in total. The smallest absolute Gasteiger partial charge is 0.413 e. The van der Waals surface area contributed by atoms with Crippen molar-refractivity contribution < 1.29 is 9.53 Å². The number of hydrogen-bond donors (Lipinski definition) is 2. The van der Waals surface area contributed by atoms with Crippen molar-refractivity contribution in [3.05, 3.63) is 23.8 Å². The van der Waals surface area contributed by atoms with Gasteiger partial charge >= 0.3 is 6.09 Å². The highest BCUT2D eigenvalue weighted by molar-refractivity contribution is 5.87. The first-order valence-corrected chi connectivity index (χ1v) is 5.07. The Morgan fingerprint density at radius 1 is 1.56 bits per heavy atom. The number of aromatic nitrogens is 2. The number of nitrogens with zero attached hydrogens (tertiary/aromatic N) is 1. The minimum atomic E-state index is -0.530. The Balaban J connectivity index is 2.39. The molecule has 16 heavy (non-hydrogen) atoms. The molecule has 0 saturated carbocycles. The Hall–Kier alpha value is -2.04. The minimum absolute atomic E-state index is 0.405. The average Bonchev–Trinajstić information content (AvgIpc) is 2.70. The van der Waals surface area contributed by atoms with E-state index in [9.17, 15) is 4.79 Å². The zero-order chi connectivity index (χ0) is 11.5. The van der Waals surface area contributed by atoms with Crippen LogP contribution < -0.4 is 5.32 Å². The summed E-state index contributed by atoms with van der Waals surface area (Å²) in [6.07, 6.45) is 0.372. The number of nitrogens with one attached hydrogen (secondary N) is 2. The van der Waals surface area contributed by atoms with Gasteiger partial charge in [0.15, 0.2) is 0 Å². The lowest BCUT2D eigenvalue weighted by Gasteiger charge is -1.97. The van der Waals surface area contributed by atoms with Crippen LogP contribution in [0.1, 0.15) is 12.5 Å². The first kappa shape index (κ1) is 10.5. The molecule has 0 atom stereocenters. The van der Waals surface area contributed by atoms with Gasteiger partial charge in [0, 0.05) is 0 Å². The number of hydrogen-bond acceptors (Lipinski definition) is 3. The number of amides is 1. The van der Waals surface area contributed by atoms with Gasteiger partial charge in [0.1, 0.15) is 0 Å². The summed E-state index contributed by atoms with van der Waals surface area (Å²) in [6.45, 7) is 2.07. The quantitative estimate of drug-likeness (QED) is 0.814. The predicted octanol–water partition coefficient (Wildman–Crippen LogP) is 2.30. The molecule has 0 aliphatic heterocycles. The van der Waals surface area contributed by atoms with Crippen molar-refractivity contribution in [2.24, 2.45) is 0 Å². The molecular weight excluding hydrogens is 206 g/mol. The third-order valence-electron chi connectivity index (χ3n) is 2.38. The van der Waals surface area contributed by atoms with Gasteiger partial charge in [-0.1, -0.05) is 19.1 Å². The molecule has 5 heteroatoms. The summed E-state index contributed by atoms with van der Waals surface area (Å²) < 4.78 is 4.50. The van der Waals surface area contributed by atoms with E-state index in [1.807, 2.05) is 18.2 Å². The molecule has 0 radical (unpaired) electrons. The van der Waals surface area contributed by atoms with Crippen LogP contribution in [0.4, 0.5) is 10.7 Å². The summed E-state index contributed by atoms with van der Waals surface area (Å²) in [7, 11) is 1.31. The van der Waals surface area contributed by atoms with E-state index in [1.165, 1.54) is 7.11 Å². The monoisotopic (exact) mass is 219 g/mol. The molecular formula is C11H13N3O2. The van der Waals surface area contributed by atoms with Gasteiger partial charge in [0.2, 0.25) is 5.95 Å². The number of fused-ring (bicyclic) bond motifs is 1. The second kappa shape index (κ2) is 4.22.